The van der Waals surface area contributed by atoms with Crippen LogP contribution in [0.15, 0.2) is 23.8 Å². The van der Waals surface area contributed by atoms with E-state index in [1.54, 1.807) is 12.2 Å². The van der Waals surface area contributed by atoms with Crippen molar-refractivity contribution in [2.45, 2.75) is 83.5 Å². The second kappa shape index (κ2) is 8.57. The van der Waals surface area contributed by atoms with Gasteiger partial charge in [-0.1, -0.05) is 32.9 Å². The zero-order chi connectivity index (χ0) is 16.9. The molecule has 0 saturated heterocycles. The van der Waals surface area contributed by atoms with E-state index in [0.717, 1.165) is 43.8 Å². The first kappa shape index (κ1) is 18.8. The van der Waals surface area contributed by atoms with Gasteiger partial charge in [-0.2, -0.15) is 0 Å². The Bertz CT molecular complexity index is 404. The predicted molar refractivity (Wildman–Crippen MR) is 95.1 cm³/mol. The van der Waals surface area contributed by atoms with Gasteiger partial charge in [0.2, 0.25) is 0 Å². The van der Waals surface area contributed by atoms with E-state index in [1.165, 1.54) is 0 Å². The molecule has 0 N–H and O–H groups in total. The predicted octanol–water partition coefficient (Wildman–Crippen LogP) is 6.68. The Morgan fingerprint density at radius 3 is 1.70 bits per heavy atom. The molecular weight excluding hydrogens is 310 g/mol. The summed E-state index contributed by atoms with van der Waals surface area (Å²) in [5.74, 6) is 0.843. The summed E-state index contributed by atoms with van der Waals surface area (Å²) in [6.45, 7) is 6.74. The van der Waals surface area contributed by atoms with Crippen LogP contribution in [0.2, 0.25) is 18.1 Å². The average molecular weight is 343 g/mol. The first-order chi connectivity index (χ1) is 11.0. The van der Waals surface area contributed by atoms with Crippen LogP contribution in [-0.2, 0) is 4.43 Å². The van der Waals surface area contributed by atoms with Crippen LogP contribution in [0.5, 0.6) is 0 Å². The number of hydrogen-bond acceptors (Lipinski definition) is 1. The molecule has 2 aliphatic carbocycles. The summed E-state index contributed by atoms with van der Waals surface area (Å²) in [5, 5.41) is 0. The van der Waals surface area contributed by atoms with Gasteiger partial charge in [0.25, 0.3) is 0 Å². The van der Waals surface area contributed by atoms with E-state index < -0.39 is 8.32 Å². The molecule has 0 amide bonds. The van der Waals surface area contributed by atoms with Crippen LogP contribution in [0.25, 0.3) is 0 Å². The van der Waals surface area contributed by atoms with Gasteiger partial charge in [-0.25, -0.2) is 8.78 Å². The van der Waals surface area contributed by atoms with E-state index in [0.29, 0.717) is 24.7 Å². The van der Waals surface area contributed by atoms with Gasteiger partial charge in [0, 0.05) is 0 Å². The number of halogens is 2. The lowest BCUT2D eigenvalue weighted by molar-refractivity contribution is 0.0505. The van der Waals surface area contributed by atoms with Gasteiger partial charge in [0.15, 0.2) is 8.32 Å². The van der Waals surface area contributed by atoms with Gasteiger partial charge >= 0.3 is 0 Å². The fraction of sp³-hybridized carbons (Fsp3) is 0.789. The highest BCUT2D eigenvalue weighted by molar-refractivity contribution is 6.73. The molecule has 0 spiro atoms. The monoisotopic (exact) mass is 342 g/mol. The molecule has 0 aliphatic heterocycles. The van der Waals surface area contributed by atoms with Gasteiger partial charge in [0.1, 0.15) is 0 Å². The van der Waals surface area contributed by atoms with Crippen molar-refractivity contribution < 1.29 is 13.2 Å². The molecule has 0 heterocycles. The molecule has 1 nitrogen and oxygen atoms in total. The molecule has 0 aromatic heterocycles. The topological polar surface area (TPSA) is 9.23 Å². The van der Waals surface area contributed by atoms with Crippen molar-refractivity contribution in [2.75, 3.05) is 0 Å². The van der Waals surface area contributed by atoms with E-state index in [2.05, 4.69) is 20.8 Å². The van der Waals surface area contributed by atoms with Gasteiger partial charge in [-0.15, -0.1) is 0 Å². The summed E-state index contributed by atoms with van der Waals surface area (Å²) in [7, 11) is -1.71. The molecule has 4 heteroatoms. The summed E-state index contributed by atoms with van der Waals surface area (Å²) in [5.41, 5.74) is 0. The number of rotatable bonds is 7. The van der Waals surface area contributed by atoms with Crippen molar-refractivity contribution in [3.63, 3.8) is 0 Å². The molecule has 132 valence electrons. The minimum atomic E-state index is -1.71. The summed E-state index contributed by atoms with van der Waals surface area (Å²) in [6, 6.07) is 3.39. The lowest BCUT2D eigenvalue weighted by atomic mass is 9.78. The van der Waals surface area contributed by atoms with Crippen LogP contribution in [-0.4, -0.2) is 14.4 Å². The second-order valence-electron chi connectivity index (χ2n) is 7.20. The van der Waals surface area contributed by atoms with E-state index in [1.807, 2.05) is 0 Å². The van der Waals surface area contributed by atoms with E-state index in [4.69, 9.17) is 4.43 Å². The fourth-order valence-electron chi connectivity index (χ4n) is 4.11. The minimum Gasteiger partial charge on any atom is -0.413 e. The van der Waals surface area contributed by atoms with Crippen LogP contribution >= 0.6 is 0 Å². The van der Waals surface area contributed by atoms with Gasteiger partial charge in [-0.3, -0.25) is 0 Å². The van der Waals surface area contributed by atoms with Crippen LogP contribution in [0, 0.1) is 11.8 Å². The smallest absolute Gasteiger partial charge is 0.192 e. The van der Waals surface area contributed by atoms with Gasteiger partial charge in [0.05, 0.1) is 17.8 Å². The lowest BCUT2D eigenvalue weighted by Gasteiger charge is -2.42. The summed E-state index contributed by atoms with van der Waals surface area (Å²) < 4.78 is 33.7. The van der Waals surface area contributed by atoms with Crippen LogP contribution in [0.3, 0.4) is 0 Å². The molecular formula is C19H32F2OSi. The van der Waals surface area contributed by atoms with E-state index in [-0.39, 0.29) is 17.8 Å². The Morgan fingerprint density at radius 1 is 0.957 bits per heavy atom. The molecule has 0 saturated carbocycles. The quantitative estimate of drug-likeness (QED) is 0.469. The van der Waals surface area contributed by atoms with Crippen LogP contribution in [0.4, 0.5) is 8.78 Å². The van der Waals surface area contributed by atoms with E-state index >= 15 is 0 Å². The summed E-state index contributed by atoms with van der Waals surface area (Å²) in [4.78, 5) is 0. The maximum Gasteiger partial charge on any atom is 0.192 e. The molecule has 2 atom stereocenters. The van der Waals surface area contributed by atoms with Crippen LogP contribution < -0.4 is 0 Å². The molecule has 0 aromatic rings. The highest BCUT2D eigenvalue weighted by Gasteiger charge is 2.39. The molecule has 0 radical (unpaired) electrons. The second-order valence-corrected chi connectivity index (χ2v) is 11.9. The lowest BCUT2D eigenvalue weighted by Crippen LogP contribution is -2.46. The van der Waals surface area contributed by atoms with E-state index in [9.17, 15) is 8.78 Å². The first-order valence-corrected chi connectivity index (χ1v) is 11.9. The highest BCUT2D eigenvalue weighted by Crippen LogP contribution is 2.40. The molecule has 0 bridgehead atoms. The highest BCUT2D eigenvalue weighted by atomic mass is 28.4. The maximum absolute atomic E-state index is 13.4. The Kier molecular flexibility index (Phi) is 7.02. The third-order valence-electron chi connectivity index (χ3n) is 6.04. The third kappa shape index (κ3) is 4.76. The van der Waals surface area contributed by atoms with Gasteiger partial charge < -0.3 is 4.43 Å². The number of allylic oxidation sites excluding steroid dienone is 4. The van der Waals surface area contributed by atoms with Crippen molar-refractivity contribution in [1.29, 1.82) is 0 Å². The molecule has 0 aromatic carbocycles. The van der Waals surface area contributed by atoms with Crippen molar-refractivity contribution >= 4 is 8.32 Å². The average Bonchev–Trinajstić information content (AvgIpc) is 2.59. The Hall–Kier alpha value is -0.483. The summed E-state index contributed by atoms with van der Waals surface area (Å²) in [6.07, 6.45) is 8.06. The minimum absolute atomic E-state index is 0.0274. The molecule has 2 unspecified atom stereocenters. The standard InChI is InChI=1S/C19H32F2OSi/c1-4-23(5-2,6-3)22-19(15-7-11-17(20)12-8-15)16-9-13-18(21)14-10-16/h11,13,15-16,19H,4-10,12,14H2,1-3H3. The summed E-state index contributed by atoms with van der Waals surface area (Å²) >= 11 is 0. The maximum atomic E-state index is 13.4. The van der Waals surface area contributed by atoms with Crippen LogP contribution in [0.1, 0.15) is 59.3 Å². The van der Waals surface area contributed by atoms with Crippen molar-refractivity contribution in [2.24, 2.45) is 11.8 Å². The molecule has 0 fully saturated rings. The number of hydrogen-bond donors (Lipinski definition) is 0. The third-order valence-corrected chi connectivity index (χ3v) is 10.7. The first-order valence-electron chi connectivity index (χ1n) is 9.40. The Balaban J connectivity index is 2.17. The van der Waals surface area contributed by atoms with Crippen molar-refractivity contribution in [1.82, 2.24) is 0 Å². The molecule has 2 aliphatic rings. The SMILES string of the molecule is CC[Si](CC)(CC)OC(C1CC=C(F)CC1)C1CC=C(F)CC1. The zero-order valence-corrected chi connectivity index (χ0v) is 15.9. The van der Waals surface area contributed by atoms with Crippen molar-refractivity contribution in [3.8, 4) is 0 Å². The van der Waals surface area contributed by atoms with Crippen molar-refractivity contribution in [3.05, 3.63) is 23.8 Å². The molecule has 23 heavy (non-hydrogen) atoms. The normalized spacial score (nSPS) is 27.3. The largest absolute Gasteiger partial charge is 0.413 e. The Labute approximate surface area is 141 Å². The fourth-order valence-corrected chi connectivity index (χ4v) is 7.07. The Morgan fingerprint density at radius 2 is 1.39 bits per heavy atom. The zero-order valence-electron chi connectivity index (χ0n) is 14.9. The van der Waals surface area contributed by atoms with Gasteiger partial charge in [-0.05, 0) is 68.5 Å². The molecule has 2 rings (SSSR count).